The number of hydrogen-bond acceptors (Lipinski definition) is 3. The molecule has 2 N–H and O–H groups in total. The van der Waals surface area contributed by atoms with E-state index in [0.29, 0.717) is 16.5 Å². The van der Waals surface area contributed by atoms with E-state index in [1.54, 1.807) is 14.2 Å². The van der Waals surface area contributed by atoms with Gasteiger partial charge in [-0.2, -0.15) is 0 Å². The molecular weight excluding hydrogens is 250 g/mol. The summed E-state index contributed by atoms with van der Waals surface area (Å²) >= 11 is 6.21. The van der Waals surface area contributed by atoms with Crippen LogP contribution in [0.15, 0.2) is 12.1 Å². The highest BCUT2D eigenvalue weighted by atomic mass is 35.5. The topological polar surface area (TPSA) is 44.5 Å². The van der Waals surface area contributed by atoms with E-state index in [0.717, 1.165) is 18.4 Å². The summed E-state index contributed by atoms with van der Waals surface area (Å²) in [6.07, 6.45) is 4.43. The first-order chi connectivity index (χ1) is 8.65. The van der Waals surface area contributed by atoms with Crippen LogP contribution in [0.4, 0.5) is 0 Å². The fourth-order valence-electron chi connectivity index (χ4n) is 1.98. The quantitative estimate of drug-likeness (QED) is 0.764. The van der Waals surface area contributed by atoms with Crippen LogP contribution < -0.4 is 15.2 Å². The Balaban J connectivity index is 2.90. The maximum absolute atomic E-state index is 6.21. The molecule has 0 aromatic heterocycles. The fraction of sp³-hybridized carbons (Fsp3) is 0.571. The van der Waals surface area contributed by atoms with Crippen molar-refractivity contribution in [1.29, 1.82) is 0 Å². The molecule has 1 rings (SSSR count). The summed E-state index contributed by atoms with van der Waals surface area (Å²) < 4.78 is 10.5. The largest absolute Gasteiger partial charge is 0.495 e. The number of methoxy groups -OCH3 is 2. The van der Waals surface area contributed by atoms with Crippen LogP contribution in [0.1, 0.15) is 44.2 Å². The van der Waals surface area contributed by atoms with Crippen molar-refractivity contribution in [3.8, 4) is 11.5 Å². The molecule has 0 bridgehead atoms. The van der Waals surface area contributed by atoms with Gasteiger partial charge in [-0.05, 0) is 18.6 Å². The Morgan fingerprint density at radius 1 is 1.22 bits per heavy atom. The molecule has 0 spiro atoms. The minimum Gasteiger partial charge on any atom is -0.495 e. The van der Waals surface area contributed by atoms with Crippen LogP contribution in [-0.2, 0) is 0 Å². The van der Waals surface area contributed by atoms with Gasteiger partial charge in [-0.1, -0.05) is 37.8 Å². The van der Waals surface area contributed by atoms with Crippen molar-refractivity contribution in [2.75, 3.05) is 14.2 Å². The first-order valence-corrected chi connectivity index (χ1v) is 6.69. The van der Waals surface area contributed by atoms with Crippen LogP contribution in [0.3, 0.4) is 0 Å². The molecule has 1 atom stereocenters. The predicted octanol–water partition coefficient (Wildman–Crippen LogP) is 3.94. The molecule has 0 aliphatic heterocycles. The SMILES string of the molecule is CCCCCC(N)c1ccc(OC)c(Cl)c1OC. The van der Waals surface area contributed by atoms with E-state index in [9.17, 15) is 0 Å². The minimum absolute atomic E-state index is 0.0464. The third-order valence-electron chi connectivity index (χ3n) is 3.03. The average Bonchev–Trinajstić information content (AvgIpc) is 2.38. The number of benzene rings is 1. The van der Waals surface area contributed by atoms with Crippen LogP contribution in [0.5, 0.6) is 11.5 Å². The molecule has 0 aliphatic carbocycles. The highest BCUT2D eigenvalue weighted by molar-refractivity contribution is 6.33. The third-order valence-corrected chi connectivity index (χ3v) is 3.39. The Morgan fingerprint density at radius 3 is 2.50 bits per heavy atom. The molecule has 0 aliphatic rings. The zero-order chi connectivity index (χ0) is 13.5. The second-order valence-corrected chi connectivity index (χ2v) is 4.68. The minimum atomic E-state index is -0.0464. The molecule has 0 fully saturated rings. The zero-order valence-corrected chi connectivity index (χ0v) is 12.1. The standard InChI is InChI=1S/C14H22ClNO2/c1-4-5-6-7-11(16)10-8-9-12(17-2)13(15)14(10)18-3/h8-9,11H,4-7,16H2,1-3H3. The Kier molecular flexibility index (Phi) is 6.30. The molecule has 1 unspecified atom stereocenters. The van der Waals surface area contributed by atoms with Gasteiger partial charge in [-0.3, -0.25) is 0 Å². The molecule has 102 valence electrons. The number of nitrogens with two attached hydrogens (primary N) is 1. The summed E-state index contributed by atoms with van der Waals surface area (Å²) in [7, 11) is 3.18. The lowest BCUT2D eigenvalue weighted by molar-refractivity contribution is 0.387. The summed E-state index contributed by atoms with van der Waals surface area (Å²) in [5, 5.41) is 0.489. The van der Waals surface area contributed by atoms with Gasteiger partial charge in [0, 0.05) is 11.6 Å². The first kappa shape index (κ1) is 15.1. The Bertz CT molecular complexity index is 382. The molecule has 0 saturated heterocycles. The molecule has 0 heterocycles. The van der Waals surface area contributed by atoms with E-state index in [1.165, 1.54) is 12.8 Å². The van der Waals surface area contributed by atoms with Crippen LogP contribution >= 0.6 is 11.6 Å². The Morgan fingerprint density at radius 2 is 1.94 bits per heavy atom. The van der Waals surface area contributed by atoms with Crippen LogP contribution in [0.2, 0.25) is 5.02 Å². The molecule has 0 radical (unpaired) electrons. The maximum atomic E-state index is 6.21. The van der Waals surface area contributed by atoms with Crippen molar-refractivity contribution in [1.82, 2.24) is 0 Å². The van der Waals surface area contributed by atoms with Crippen molar-refractivity contribution in [3.05, 3.63) is 22.7 Å². The van der Waals surface area contributed by atoms with Gasteiger partial charge in [-0.15, -0.1) is 0 Å². The van der Waals surface area contributed by atoms with E-state index in [2.05, 4.69) is 6.92 Å². The monoisotopic (exact) mass is 271 g/mol. The summed E-state index contributed by atoms with van der Waals surface area (Å²) in [4.78, 5) is 0. The van der Waals surface area contributed by atoms with Crippen molar-refractivity contribution >= 4 is 11.6 Å². The van der Waals surface area contributed by atoms with Gasteiger partial charge >= 0.3 is 0 Å². The van der Waals surface area contributed by atoms with Gasteiger partial charge in [-0.25, -0.2) is 0 Å². The smallest absolute Gasteiger partial charge is 0.146 e. The number of halogens is 1. The number of rotatable bonds is 7. The third kappa shape index (κ3) is 3.53. The number of unbranched alkanes of at least 4 members (excludes halogenated alkanes) is 2. The fourth-order valence-corrected chi connectivity index (χ4v) is 2.31. The normalized spacial score (nSPS) is 12.3. The molecule has 1 aromatic rings. The van der Waals surface area contributed by atoms with Gasteiger partial charge in [0.15, 0.2) is 0 Å². The van der Waals surface area contributed by atoms with Crippen molar-refractivity contribution in [2.24, 2.45) is 5.73 Å². The van der Waals surface area contributed by atoms with E-state index >= 15 is 0 Å². The molecule has 1 aromatic carbocycles. The lowest BCUT2D eigenvalue weighted by atomic mass is 10.00. The molecular formula is C14H22ClNO2. The zero-order valence-electron chi connectivity index (χ0n) is 11.3. The Hall–Kier alpha value is -0.930. The van der Waals surface area contributed by atoms with Gasteiger partial charge in [0.2, 0.25) is 0 Å². The lowest BCUT2D eigenvalue weighted by Crippen LogP contribution is -2.12. The lowest BCUT2D eigenvalue weighted by Gasteiger charge is -2.18. The van der Waals surface area contributed by atoms with Crippen molar-refractivity contribution in [3.63, 3.8) is 0 Å². The van der Waals surface area contributed by atoms with Crippen LogP contribution in [-0.4, -0.2) is 14.2 Å². The van der Waals surface area contributed by atoms with Gasteiger partial charge in [0.1, 0.15) is 16.5 Å². The first-order valence-electron chi connectivity index (χ1n) is 6.31. The summed E-state index contributed by atoms with van der Waals surface area (Å²) in [5.41, 5.74) is 7.14. The summed E-state index contributed by atoms with van der Waals surface area (Å²) in [6.45, 7) is 2.18. The highest BCUT2D eigenvalue weighted by Crippen LogP contribution is 2.39. The molecule has 0 amide bonds. The van der Waals surface area contributed by atoms with Gasteiger partial charge in [0.25, 0.3) is 0 Å². The van der Waals surface area contributed by atoms with E-state index in [-0.39, 0.29) is 6.04 Å². The molecule has 4 heteroatoms. The average molecular weight is 272 g/mol. The van der Waals surface area contributed by atoms with Crippen LogP contribution in [0, 0.1) is 0 Å². The van der Waals surface area contributed by atoms with E-state index < -0.39 is 0 Å². The highest BCUT2D eigenvalue weighted by Gasteiger charge is 2.17. The van der Waals surface area contributed by atoms with E-state index in [4.69, 9.17) is 26.8 Å². The molecule has 3 nitrogen and oxygen atoms in total. The second kappa shape index (κ2) is 7.49. The summed E-state index contributed by atoms with van der Waals surface area (Å²) in [6, 6.07) is 3.72. The van der Waals surface area contributed by atoms with Crippen molar-refractivity contribution < 1.29 is 9.47 Å². The van der Waals surface area contributed by atoms with Crippen molar-refractivity contribution in [2.45, 2.75) is 38.6 Å². The van der Waals surface area contributed by atoms with Gasteiger partial charge in [0.05, 0.1) is 14.2 Å². The summed E-state index contributed by atoms with van der Waals surface area (Å²) in [5.74, 6) is 1.23. The molecule has 18 heavy (non-hydrogen) atoms. The van der Waals surface area contributed by atoms with Crippen LogP contribution in [0.25, 0.3) is 0 Å². The maximum Gasteiger partial charge on any atom is 0.146 e. The molecule has 0 saturated carbocycles. The number of ether oxygens (including phenoxy) is 2. The second-order valence-electron chi connectivity index (χ2n) is 4.31. The van der Waals surface area contributed by atoms with E-state index in [1.807, 2.05) is 12.1 Å². The predicted molar refractivity (Wildman–Crippen MR) is 75.6 cm³/mol. The van der Waals surface area contributed by atoms with Gasteiger partial charge < -0.3 is 15.2 Å². The Labute approximate surface area is 114 Å². The number of hydrogen-bond donors (Lipinski definition) is 1.